The molecule has 1 amide bonds. The lowest BCUT2D eigenvalue weighted by Crippen LogP contribution is -2.12. The van der Waals surface area contributed by atoms with Crippen LogP contribution in [0.4, 0.5) is 5.69 Å². The molecule has 0 unspecified atom stereocenters. The number of carbonyl (C=O) groups is 1. The van der Waals surface area contributed by atoms with Crippen LogP contribution < -0.4 is 5.32 Å². The molecule has 0 spiro atoms. The van der Waals surface area contributed by atoms with Crippen LogP contribution in [-0.4, -0.2) is 10.9 Å². The van der Waals surface area contributed by atoms with Crippen molar-refractivity contribution >= 4 is 22.5 Å². The van der Waals surface area contributed by atoms with Crippen molar-refractivity contribution in [1.29, 1.82) is 0 Å². The van der Waals surface area contributed by atoms with Gasteiger partial charge in [0.1, 0.15) is 0 Å². The Kier molecular flexibility index (Phi) is 3.40. The highest BCUT2D eigenvalue weighted by Crippen LogP contribution is 2.19. The molecule has 2 aromatic carbocycles. The number of amides is 1. The van der Waals surface area contributed by atoms with E-state index in [1.807, 2.05) is 62.4 Å². The second-order valence-electron chi connectivity index (χ2n) is 5.13. The molecule has 1 N–H and O–H groups in total. The number of fused-ring (bicyclic) bond motifs is 1. The van der Waals surface area contributed by atoms with Crippen molar-refractivity contribution in [1.82, 2.24) is 4.98 Å². The average molecular weight is 276 g/mol. The van der Waals surface area contributed by atoms with E-state index >= 15 is 0 Å². The Morgan fingerprint density at radius 2 is 1.81 bits per heavy atom. The van der Waals surface area contributed by atoms with Gasteiger partial charge in [0, 0.05) is 22.8 Å². The van der Waals surface area contributed by atoms with Crippen LogP contribution in [-0.2, 0) is 0 Å². The predicted molar refractivity (Wildman–Crippen MR) is 85.6 cm³/mol. The smallest absolute Gasteiger partial charge is 0.255 e. The summed E-state index contributed by atoms with van der Waals surface area (Å²) in [6.07, 6.45) is 1.78. The third-order valence-corrected chi connectivity index (χ3v) is 3.62. The first-order valence-corrected chi connectivity index (χ1v) is 6.87. The average Bonchev–Trinajstić information content (AvgIpc) is 2.50. The van der Waals surface area contributed by atoms with Gasteiger partial charge in [0.05, 0.1) is 5.52 Å². The molecule has 1 aromatic heterocycles. The zero-order chi connectivity index (χ0) is 14.8. The van der Waals surface area contributed by atoms with E-state index in [4.69, 9.17) is 0 Å². The van der Waals surface area contributed by atoms with Crippen LogP contribution in [0.5, 0.6) is 0 Å². The summed E-state index contributed by atoms with van der Waals surface area (Å²) >= 11 is 0. The minimum atomic E-state index is -0.102. The number of carbonyl (C=O) groups excluding carboxylic acids is 1. The molecule has 3 heteroatoms. The third-order valence-electron chi connectivity index (χ3n) is 3.62. The maximum absolute atomic E-state index is 12.4. The Labute approximate surface area is 123 Å². The van der Waals surface area contributed by atoms with Crippen LogP contribution >= 0.6 is 0 Å². The maximum Gasteiger partial charge on any atom is 0.255 e. The predicted octanol–water partition coefficient (Wildman–Crippen LogP) is 4.10. The van der Waals surface area contributed by atoms with E-state index in [2.05, 4.69) is 10.3 Å². The maximum atomic E-state index is 12.4. The standard InChI is InChI=1S/C18H16N2O/c1-12-9-10-19-17-8-7-14(11-15(12)17)18(21)20-16-6-4-3-5-13(16)2/h3-11H,1-2H3,(H,20,21). The minimum Gasteiger partial charge on any atom is -0.322 e. The Balaban J connectivity index is 1.95. The molecule has 1 heterocycles. The molecule has 0 aliphatic carbocycles. The molecule has 3 aromatic rings. The summed E-state index contributed by atoms with van der Waals surface area (Å²) in [6, 6.07) is 15.3. The number of hydrogen-bond acceptors (Lipinski definition) is 2. The van der Waals surface area contributed by atoms with Gasteiger partial charge < -0.3 is 5.32 Å². The molecule has 0 aliphatic heterocycles. The SMILES string of the molecule is Cc1ccccc1NC(=O)c1ccc2nccc(C)c2c1. The van der Waals surface area contributed by atoms with Crippen molar-refractivity contribution in [2.45, 2.75) is 13.8 Å². The molecule has 0 aliphatic rings. The topological polar surface area (TPSA) is 42.0 Å². The fraction of sp³-hybridized carbons (Fsp3) is 0.111. The number of nitrogens with zero attached hydrogens (tertiary/aromatic N) is 1. The largest absolute Gasteiger partial charge is 0.322 e. The van der Waals surface area contributed by atoms with E-state index < -0.39 is 0 Å². The first-order valence-electron chi connectivity index (χ1n) is 6.87. The molecule has 0 saturated carbocycles. The number of nitrogens with one attached hydrogen (secondary N) is 1. The molecule has 0 bridgehead atoms. The Hall–Kier alpha value is -2.68. The van der Waals surface area contributed by atoms with Gasteiger partial charge in [-0.1, -0.05) is 18.2 Å². The second-order valence-corrected chi connectivity index (χ2v) is 5.13. The van der Waals surface area contributed by atoms with E-state index in [0.29, 0.717) is 5.56 Å². The Morgan fingerprint density at radius 1 is 1.00 bits per heavy atom. The third kappa shape index (κ3) is 2.63. The van der Waals surface area contributed by atoms with Gasteiger partial charge in [-0.25, -0.2) is 0 Å². The van der Waals surface area contributed by atoms with Crippen molar-refractivity contribution < 1.29 is 4.79 Å². The van der Waals surface area contributed by atoms with Crippen molar-refractivity contribution in [3.8, 4) is 0 Å². The molecule has 3 nitrogen and oxygen atoms in total. The van der Waals surface area contributed by atoms with Gasteiger partial charge in [-0.15, -0.1) is 0 Å². The lowest BCUT2D eigenvalue weighted by molar-refractivity contribution is 0.102. The van der Waals surface area contributed by atoms with E-state index in [-0.39, 0.29) is 5.91 Å². The quantitative estimate of drug-likeness (QED) is 0.765. The Morgan fingerprint density at radius 3 is 2.62 bits per heavy atom. The summed E-state index contributed by atoms with van der Waals surface area (Å²) in [6.45, 7) is 4.00. The zero-order valence-corrected chi connectivity index (χ0v) is 12.1. The number of aromatic nitrogens is 1. The van der Waals surface area contributed by atoms with Gasteiger partial charge in [-0.2, -0.15) is 0 Å². The van der Waals surface area contributed by atoms with E-state index in [1.54, 1.807) is 6.20 Å². The molecule has 0 atom stereocenters. The fourth-order valence-corrected chi connectivity index (χ4v) is 2.33. The number of rotatable bonds is 2. The van der Waals surface area contributed by atoms with Crippen molar-refractivity contribution in [2.75, 3.05) is 5.32 Å². The molecule has 0 radical (unpaired) electrons. The lowest BCUT2D eigenvalue weighted by Gasteiger charge is -2.09. The number of para-hydroxylation sites is 1. The van der Waals surface area contributed by atoms with Gasteiger partial charge in [-0.3, -0.25) is 9.78 Å². The molecule has 3 rings (SSSR count). The van der Waals surface area contributed by atoms with E-state index in [0.717, 1.165) is 27.7 Å². The van der Waals surface area contributed by atoms with Gasteiger partial charge in [0.2, 0.25) is 0 Å². The Bertz CT molecular complexity index is 824. The first kappa shape index (κ1) is 13.3. The molecule has 0 saturated heterocycles. The number of hydrogen-bond donors (Lipinski definition) is 1. The first-order chi connectivity index (χ1) is 10.1. The van der Waals surface area contributed by atoms with Crippen LogP contribution in [0.2, 0.25) is 0 Å². The van der Waals surface area contributed by atoms with Gasteiger partial charge in [0.25, 0.3) is 5.91 Å². The normalized spacial score (nSPS) is 10.6. The highest BCUT2D eigenvalue weighted by atomic mass is 16.1. The van der Waals surface area contributed by atoms with Gasteiger partial charge in [-0.05, 0) is 55.3 Å². The molecule has 104 valence electrons. The summed E-state index contributed by atoms with van der Waals surface area (Å²) in [5.74, 6) is -0.102. The molecule has 0 fully saturated rings. The molecular weight excluding hydrogens is 260 g/mol. The van der Waals surface area contributed by atoms with E-state index in [1.165, 1.54) is 0 Å². The minimum absolute atomic E-state index is 0.102. The summed E-state index contributed by atoms with van der Waals surface area (Å²) in [5, 5.41) is 3.96. The highest BCUT2D eigenvalue weighted by Gasteiger charge is 2.09. The monoisotopic (exact) mass is 276 g/mol. The van der Waals surface area contributed by atoms with Crippen molar-refractivity contribution in [3.05, 3.63) is 71.4 Å². The summed E-state index contributed by atoms with van der Waals surface area (Å²) in [5.41, 5.74) is 4.55. The van der Waals surface area contributed by atoms with Crippen LogP contribution in [0.1, 0.15) is 21.5 Å². The zero-order valence-electron chi connectivity index (χ0n) is 12.1. The summed E-state index contributed by atoms with van der Waals surface area (Å²) < 4.78 is 0. The second kappa shape index (κ2) is 5.37. The van der Waals surface area contributed by atoms with Crippen LogP contribution in [0.3, 0.4) is 0 Å². The fourth-order valence-electron chi connectivity index (χ4n) is 2.33. The number of aryl methyl sites for hydroxylation is 2. The molecule has 21 heavy (non-hydrogen) atoms. The highest BCUT2D eigenvalue weighted by molar-refractivity contribution is 6.06. The van der Waals surface area contributed by atoms with Crippen LogP contribution in [0.15, 0.2) is 54.7 Å². The number of pyridine rings is 1. The van der Waals surface area contributed by atoms with Crippen LogP contribution in [0, 0.1) is 13.8 Å². The van der Waals surface area contributed by atoms with Crippen LogP contribution in [0.25, 0.3) is 10.9 Å². The number of anilines is 1. The van der Waals surface area contributed by atoms with Gasteiger partial charge in [0.15, 0.2) is 0 Å². The molecular formula is C18H16N2O. The van der Waals surface area contributed by atoms with Crippen molar-refractivity contribution in [3.63, 3.8) is 0 Å². The summed E-state index contributed by atoms with van der Waals surface area (Å²) in [7, 11) is 0. The lowest BCUT2D eigenvalue weighted by atomic mass is 10.1. The van der Waals surface area contributed by atoms with Crippen molar-refractivity contribution in [2.24, 2.45) is 0 Å². The number of benzene rings is 2. The summed E-state index contributed by atoms with van der Waals surface area (Å²) in [4.78, 5) is 16.7. The van der Waals surface area contributed by atoms with E-state index in [9.17, 15) is 4.79 Å². The van der Waals surface area contributed by atoms with Gasteiger partial charge >= 0.3 is 0 Å².